The summed E-state index contributed by atoms with van der Waals surface area (Å²) in [5.41, 5.74) is 6.80. The minimum absolute atomic E-state index is 1.01. The van der Waals surface area contributed by atoms with Crippen LogP contribution in [0, 0.1) is 0 Å². The topological polar surface area (TPSA) is 16.1 Å². The lowest BCUT2D eigenvalue weighted by Crippen LogP contribution is -2.09. The zero-order valence-electron chi connectivity index (χ0n) is 27.4. The van der Waals surface area contributed by atoms with Crippen molar-refractivity contribution in [2.45, 2.75) is 0 Å². The standard InChI is InChI=1S/C47H28N2S2/c1-3-9-37-30(6-1)14-23-42-46(37)39-20-18-35(27-44(39)50-42)49(34-16-11-29(12-17-34)32-13-22-41-33(26-32)8-5-25-48-41)36-19-21-40-45(28-36)51-43-24-15-31-7-2-4-10-38(31)47(40)43/h1-28H. The molecule has 0 amide bonds. The second-order valence-electron chi connectivity index (χ2n) is 13.2. The predicted molar refractivity (Wildman–Crippen MR) is 223 cm³/mol. The Balaban J connectivity index is 1.09. The molecule has 0 unspecified atom stereocenters. The van der Waals surface area contributed by atoms with E-state index in [4.69, 9.17) is 0 Å². The molecule has 3 aromatic heterocycles. The van der Waals surface area contributed by atoms with E-state index in [2.05, 4.69) is 168 Å². The lowest BCUT2D eigenvalue weighted by Gasteiger charge is -2.26. The van der Waals surface area contributed by atoms with Crippen LogP contribution in [-0.2, 0) is 0 Å². The van der Waals surface area contributed by atoms with E-state index in [9.17, 15) is 0 Å². The van der Waals surface area contributed by atoms with Gasteiger partial charge in [0, 0.05) is 69.0 Å². The first kappa shape index (κ1) is 28.7. The van der Waals surface area contributed by atoms with Gasteiger partial charge in [0.2, 0.25) is 0 Å². The molecule has 3 heterocycles. The summed E-state index contributed by atoms with van der Waals surface area (Å²) in [6.45, 7) is 0. The van der Waals surface area contributed by atoms with Crippen LogP contribution in [0.15, 0.2) is 170 Å². The Kier molecular flexibility index (Phi) is 6.32. The summed E-state index contributed by atoms with van der Waals surface area (Å²) in [7, 11) is 0. The molecular formula is C47H28N2S2. The maximum atomic E-state index is 4.52. The van der Waals surface area contributed by atoms with Crippen molar-refractivity contribution >= 4 is 113 Å². The largest absolute Gasteiger partial charge is 0.310 e. The number of hydrogen-bond acceptors (Lipinski definition) is 4. The van der Waals surface area contributed by atoms with E-state index in [1.165, 1.54) is 73.0 Å². The van der Waals surface area contributed by atoms with Crippen LogP contribution in [0.4, 0.5) is 17.1 Å². The van der Waals surface area contributed by atoms with Crippen LogP contribution in [0.3, 0.4) is 0 Å². The summed E-state index contributed by atoms with van der Waals surface area (Å²) in [4.78, 5) is 6.93. The number of pyridine rings is 1. The number of aromatic nitrogens is 1. The Morgan fingerprint density at radius 3 is 1.55 bits per heavy atom. The Bertz CT molecular complexity index is 3000. The average Bonchev–Trinajstić information content (AvgIpc) is 3.76. The second kappa shape index (κ2) is 11.2. The van der Waals surface area contributed by atoms with Crippen molar-refractivity contribution in [3.63, 3.8) is 0 Å². The van der Waals surface area contributed by atoms with Gasteiger partial charge in [-0.05, 0) is 99.4 Å². The summed E-state index contributed by atoms with van der Waals surface area (Å²) in [5.74, 6) is 0. The fraction of sp³-hybridized carbons (Fsp3) is 0. The highest BCUT2D eigenvalue weighted by molar-refractivity contribution is 7.26. The molecule has 2 nitrogen and oxygen atoms in total. The van der Waals surface area contributed by atoms with Gasteiger partial charge in [0.05, 0.1) is 5.52 Å². The minimum Gasteiger partial charge on any atom is -0.310 e. The molecular weight excluding hydrogens is 657 g/mol. The van der Waals surface area contributed by atoms with E-state index in [1.54, 1.807) is 0 Å². The van der Waals surface area contributed by atoms with E-state index in [0.717, 1.165) is 28.0 Å². The third kappa shape index (κ3) is 4.58. The summed E-state index contributed by atoms with van der Waals surface area (Å²) in [6.07, 6.45) is 1.85. The first-order valence-corrected chi connectivity index (χ1v) is 18.8. The second-order valence-corrected chi connectivity index (χ2v) is 15.3. The highest BCUT2D eigenvalue weighted by atomic mass is 32.1. The zero-order chi connectivity index (χ0) is 33.5. The number of nitrogens with zero attached hydrogens (tertiary/aromatic N) is 2. The van der Waals surface area contributed by atoms with Crippen LogP contribution in [0.25, 0.3) is 83.9 Å². The lowest BCUT2D eigenvalue weighted by atomic mass is 10.0. The first-order valence-electron chi connectivity index (χ1n) is 17.2. The molecule has 51 heavy (non-hydrogen) atoms. The maximum Gasteiger partial charge on any atom is 0.0702 e. The zero-order valence-corrected chi connectivity index (χ0v) is 29.0. The van der Waals surface area contributed by atoms with Crippen molar-refractivity contribution in [3.05, 3.63) is 170 Å². The molecule has 0 aliphatic carbocycles. The van der Waals surface area contributed by atoms with Gasteiger partial charge < -0.3 is 4.90 Å². The first-order chi connectivity index (χ1) is 25.2. The van der Waals surface area contributed by atoms with Crippen molar-refractivity contribution in [1.29, 1.82) is 0 Å². The molecule has 8 aromatic carbocycles. The molecule has 0 N–H and O–H groups in total. The highest BCUT2D eigenvalue weighted by Crippen LogP contribution is 2.45. The monoisotopic (exact) mass is 684 g/mol. The third-order valence-corrected chi connectivity index (χ3v) is 12.5. The van der Waals surface area contributed by atoms with E-state index in [0.29, 0.717) is 0 Å². The maximum absolute atomic E-state index is 4.52. The van der Waals surface area contributed by atoms with Gasteiger partial charge in [-0.1, -0.05) is 97.1 Å². The van der Waals surface area contributed by atoms with Crippen LogP contribution in [0.2, 0.25) is 0 Å². The molecule has 0 saturated carbocycles. The molecule has 11 aromatic rings. The summed E-state index contributed by atoms with van der Waals surface area (Å²) < 4.78 is 5.22. The summed E-state index contributed by atoms with van der Waals surface area (Å²) in [6, 6.07) is 60.1. The number of hydrogen-bond donors (Lipinski definition) is 0. The fourth-order valence-electron chi connectivity index (χ4n) is 7.85. The smallest absolute Gasteiger partial charge is 0.0702 e. The molecule has 0 fully saturated rings. The number of fused-ring (bicyclic) bond motifs is 11. The lowest BCUT2D eigenvalue weighted by molar-refractivity contribution is 1.30. The normalized spacial score (nSPS) is 11.9. The number of rotatable bonds is 4. The quantitative estimate of drug-likeness (QED) is 0.183. The van der Waals surface area contributed by atoms with Gasteiger partial charge in [-0.2, -0.15) is 0 Å². The van der Waals surface area contributed by atoms with Crippen LogP contribution in [0.1, 0.15) is 0 Å². The van der Waals surface area contributed by atoms with Crippen LogP contribution < -0.4 is 4.90 Å². The van der Waals surface area contributed by atoms with Gasteiger partial charge >= 0.3 is 0 Å². The van der Waals surface area contributed by atoms with Gasteiger partial charge in [0.15, 0.2) is 0 Å². The Labute approximate surface area is 302 Å². The van der Waals surface area contributed by atoms with Crippen molar-refractivity contribution in [2.24, 2.45) is 0 Å². The molecule has 4 heteroatoms. The predicted octanol–water partition coefficient (Wildman–Crippen LogP) is 14.4. The number of benzene rings is 8. The summed E-state index contributed by atoms with van der Waals surface area (Å²) in [5, 5.41) is 11.6. The molecule has 0 atom stereocenters. The average molecular weight is 685 g/mol. The molecule has 0 saturated heterocycles. The molecule has 0 aliphatic heterocycles. The van der Waals surface area contributed by atoms with Crippen molar-refractivity contribution < 1.29 is 0 Å². The van der Waals surface area contributed by atoms with Crippen LogP contribution >= 0.6 is 22.7 Å². The van der Waals surface area contributed by atoms with Crippen molar-refractivity contribution in [2.75, 3.05) is 4.90 Å². The molecule has 11 rings (SSSR count). The molecule has 0 aliphatic rings. The van der Waals surface area contributed by atoms with Crippen molar-refractivity contribution in [3.8, 4) is 11.1 Å². The summed E-state index contributed by atoms with van der Waals surface area (Å²) >= 11 is 3.75. The highest BCUT2D eigenvalue weighted by Gasteiger charge is 2.18. The number of anilines is 3. The van der Waals surface area contributed by atoms with Gasteiger partial charge in [-0.15, -0.1) is 22.7 Å². The van der Waals surface area contributed by atoms with E-state index in [1.807, 2.05) is 34.9 Å². The van der Waals surface area contributed by atoms with E-state index < -0.39 is 0 Å². The Morgan fingerprint density at radius 1 is 0.373 bits per heavy atom. The molecule has 238 valence electrons. The van der Waals surface area contributed by atoms with Crippen LogP contribution in [-0.4, -0.2) is 4.98 Å². The van der Waals surface area contributed by atoms with E-state index >= 15 is 0 Å². The SMILES string of the molecule is c1cnc2ccc(-c3ccc(N(c4ccc5c(c4)sc4ccc6ccccc6c45)c4ccc5c(c4)sc4ccc6ccccc6c45)cc3)cc2c1. The molecule has 0 radical (unpaired) electrons. The minimum atomic E-state index is 1.01. The van der Waals surface area contributed by atoms with Gasteiger partial charge in [-0.3, -0.25) is 4.98 Å². The number of thiophene rings is 2. The Hall–Kier alpha value is -6.07. The van der Waals surface area contributed by atoms with Gasteiger partial charge in [0.25, 0.3) is 0 Å². The van der Waals surface area contributed by atoms with Crippen molar-refractivity contribution in [1.82, 2.24) is 4.98 Å². The Morgan fingerprint density at radius 2 is 0.922 bits per heavy atom. The van der Waals surface area contributed by atoms with Crippen LogP contribution in [0.5, 0.6) is 0 Å². The fourth-order valence-corrected chi connectivity index (χ4v) is 10.2. The van der Waals surface area contributed by atoms with Gasteiger partial charge in [0.1, 0.15) is 0 Å². The third-order valence-electron chi connectivity index (χ3n) is 10.3. The molecule has 0 bridgehead atoms. The van der Waals surface area contributed by atoms with E-state index in [-0.39, 0.29) is 0 Å². The molecule has 0 spiro atoms. The van der Waals surface area contributed by atoms with Gasteiger partial charge in [-0.25, -0.2) is 0 Å².